The molecule has 24 heavy (non-hydrogen) atoms. The average Bonchev–Trinajstić information content (AvgIpc) is 3.22. The minimum absolute atomic E-state index is 0.293. The Labute approximate surface area is 151 Å². The average molecular weight is 394 g/mol. The standard InChI is InChI=1S/C18H24BrN3O2/c1-5-13-16(14-7-6-8-15(19)22(14)20-13)21(11-12-9-10-12)17(23)24-18(2,3)4/h6-8,12H,5,9-11H2,1-4H3. The molecule has 1 saturated carbocycles. The topological polar surface area (TPSA) is 46.8 Å². The Hall–Kier alpha value is -1.56. The number of hydrogen-bond acceptors (Lipinski definition) is 3. The number of nitrogens with zero attached hydrogens (tertiary/aromatic N) is 3. The van der Waals surface area contributed by atoms with Crippen LogP contribution in [0, 0.1) is 5.92 Å². The van der Waals surface area contributed by atoms with E-state index in [2.05, 4.69) is 28.0 Å². The van der Waals surface area contributed by atoms with Gasteiger partial charge in [0, 0.05) is 6.54 Å². The van der Waals surface area contributed by atoms with E-state index in [0.717, 1.165) is 27.9 Å². The van der Waals surface area contributed by atoms with Gasteiger partial charge in [0.1, 0.15) is 10.2 Å². The van der Waals surface area contributed by atoms with Crippen LogP contribution in [0.1, 0.15) is 46.2 Å². The molecule has 0 saturated heterocycles. The van der Waals surface area contributed by atoms with Crippen LogP contribution in [0.2, 0.25) is 0 Å². The number of aromatic nitrogens is 2. The summed E-state index contributed by atoms with van der Waals surface area (Å²) in [5.41, 5.74) is 2.19. The van der Waals surface area contributed by atoms with Gasteiger partial charge in [0.25, 0.3) is 0 Å². The van der Waals surface area contributed by atoms with Crippen molar-refractivity contribution in [2.75, 3.05) is 11.4 Å². The molecule has 1 amide bonds. The van der Waals surface area contributed by atoms with E-state index in [4.69, 9.17) is 4.74 Å². The fraction of sp³-hybridized carbons (Fsp3) is 0.556. The Morgan fingerprint density at radius 1 is 1.42 bits per heavy atom. The zero-order chi connectivity index (χ0) is 17.5. The maximum atomic E-state index is 12.9. The van der Waals surface area contributed by atoms with Crippen molar-refractivity contribution in [1.82, 2.24) is 9.61 Å². The number of ether oxygens (including phenoxy) is 1. The first kappa shape index (κ1) is 17.3. The van der Waals surface area contributed by atoms with E-state index in [1.54, 1.807) is 4.90 Å². The van der Waals surface area contributed by atoms with Gasteiger partial charge in [0.2, 0.25) is 0 Å². The quantitative estimate of drug-likeness (QED) is 0.700. The molecule has 5 nitrogen and oxygen atoms in total. The first-order valence-corrected chi connectivity index (χ1v) is 9.26. The van der Waals surface area contributed by atoms with Gasteiger partial charge >= 0.3 is 6.09 Å². The number of anilines is 1. The Morgan fingerprint density at radius 2 is 2.12 bits per heavy atom. The molecule has 1 fully saturated rings. The fourth-order valence-corrected chi connectivity index (χ4v) is 3.16. The van der Waals surface area contributed by atoms with Gasteiger partial charge in [0.05, 0.1) is 16.9 Å². The van der Waals surface area contributed by atoms with Gasteiger partial charge < -0.3 is 4.74 Å². The maximum Gasteiger partial charge on any atom is 0.414 e. The normalized spacial score (nSPS) is 14.9. The number of halogens is 1. The third-order valence-corrected chi connectivity index (χ3v) is 4.61. The molecule has 1 aliphatic carbocycles. The van der Waals surface area contributed by atoms with Crippen molar-refractivity contribution in [2.45, 2.75) is 52.6 Å². The molecule has 2 aromatic rings. The molecule has 0 aromatic carbocycles. The lowest BCUT2D eigenvalue weighted by Crippen LogP contribution is -2.38. The highest BCUT2D eigenvalue weighted by Crippen LogP contribution is 2.36. The molecular formula is C18H24BrN3O2. The number of carbonyl (C=O) groups excluding carboxylic acids is 1. The number of hydrogen-bond donors (Lipinski definition) is 0. The van der Waals surface area contributed by atoms with E-state index in [1.165, 1.54) is 12.8 Å². The van der Waals surface area contributed by atoms with Gasteiger partial charge in [-0.05, 0) is 74.0 Å². The van der Waals surface area contributed by atoms with Gasteiger partial charge in [0.15, 0.2) is 0 Å². The lowest BCUT2D eigenvalue weighted by atomic mass is 10.2. The molecular weight excluding hydrogens is 370 g/mol. The minimum Gasteiger partial charge on any atom is -0.443 e. The SMILES string of the molecule is CCc1nn2c(Br)cccc2c1N(CC1CC1)C(=O)OC(C)(C)C. The first-order chi connectivity index (χ1) is 11.3. The van der Waals surface area contributed by atoms with Crippen LogP contribution in [0.3, 0.4) is 0 Å². The summed E-state index contributed by atoms with van der Waals surface area (Å²) < 4.78 is 8.39. The second kappa shape index (κ2) is 6.39. The summed E-state index contributed by atoms with van der Waals surface area (Å²) in [7, 11) is 0. The number of rotatable bonds is 4. The van der Waals surface area contributed by atoms with Crippen LogP contribution in [0.25, 0.3) is 5.52 Å². The highest BCUT2D eigenvalue weighted by atomic mass is 79.9. The van der Waals surface area contributed by atoms with Gasteiger partial charge in [-0.1, -0.05) is 13.0 Å². The van der Waals surface area contributed by atoms with Crippen LogP contribution in [0.15, 0.2) is 22.8 Å². The van der Waals surface area contributed by atoms with Crippen molar-refractivity contribution in [3.05, 3.63) is 28.5 Å². The zero-order valence-electron chi connectivity index (χ0n) is 14.7. The van der Waals surface area contributed by atoms with E-state index in [-0.39, 0.29) is 6.09 Å². The number of pyridine rings is 1. The third-order valence-electron chi connectivity index (χ3n) is 4.01. The van der Waals surface area contributed by atoms with Crippen molar-refractivity contribution in [3.8, 4) is 0 Å². The van der Waals surface area contributed by atoms with E-state index in [0.29, 0.717) is 12.5 Å². The predicted molar refractivity (Wildman–Crippen MR) is 98.6 cm³/mol. The smallest absolute Gasteiger partial charge is 0.414 e. The van der Waals surface area contributed by atoms with Crippen molar-refractivity contribution in [3.63, 3.8) is 0 Å². The molecule has 1 aliphatic rings. The van der Waals surface area contributed by atoms with Crippen molar-refractivity contribution >= 4 is 33.2 Å². The summed E-state index contributed by atoms with van der Waals surface area (Å²) in [6, 6.07) is 5.91. The largest absolute Gasteiger partial charge is 0.443 e. The lowest BCUT2D eigenvalue weighted by Gasteiger charge is -2.27. The first-order valence-electron chi connectivity index (χ1n) is 8.47. The van der Waals surface area contributed by atoms with Gasteiger partial charge in [-0.3, -0.25) is 4.90 Å². The Bertz CT molecular complexity index is 759. The van der Waals surface area contributed by atoms with Crippen LogP contribution in [-0.4, -0.2) is 27.9 Å². The van der Waals surface area contributed by atoms with Crippen LogP contribution in [0.4, 0.5) is 10.5 Å². The number of aryl methyl sites for hydroxylation is 1. The molecule has 130 valence electrons. The van der Waals surface area contributed by atoms with Gasteiger partial charge in [-0.25, -0.2) is 9.31 Å². The lowest BCUT2D eigenvalue weighted by molar-refractivity contribution is 0.0578. The number of fused-ring (bicyclic) bond motifs is 1. The second-order valence-electron chi connectivity index (χ2n) is 7.33. The van der Waals surface area contributed by atoms with E-state index in [9.17, 15) is 4.79 Å². The summed E-state index contributed by atoms with van der Waals surface area (Å²) in [5.74, 6) is 0.560. The highest BCUT2D eigenvalue weighted by molar-refractivity contribution is 9.10. The molecule has 0 N–H and O–H groups in total. The molecule has 0 radical (unpaired) electrons. The van der Waals surface area contributed by atoms with E-state index in [1.807, 2.05) is 43.5 Å². The Balaban J connectivity index is 2.08. The highest BCUT2D eigenvalue weighted by Gasteiger charge is 2.33. The van der Waals surface area contributed by atoms with Crippen molar-refractivity contribution in [1.29, 1.82) is 0 Å². The van der Waals surface area contributed by atoms with Crippen LogP contribution in [-0.2, 0) is 11.2 Å². The predicted octanol–water partition coefficient (Wildman–Crippen LogP) is 4.81. The second-order valence-corrected chi connectivity index (χ2v) is 8.14. The third kappa shape index (κ3) is 3.58. The van der Waals surface area contributed by atoms with E-state index >= 15 is 0 Å². The maximum absolute atomic E-state index is 12.9. The molecule has 6 heteroatoms. The van der Waals surface area contributed by atoms with Crippen LogP contribution < -0.4 is 4.90 Å². The Kier molecular flexibility index (Phi) is 4.60. The molecule has 0 bridgehead atoms. The van der Waals surface area contributed by atoms with Crippen LogP contribution >= 0.6 is 15.9 Å². The summed E-state index contributed by atoms with van der Waals surface area (Å²) in [5, 5.41) is 4.68. The number of carbonyl (C=O) groups is 1. The molecule has 0 spiro atoms. The molecule has 2 aromatic heterocycles. The summed E-state index contributed by atoms with van der Waals surface area (Å²) in [6.45, 7) is 8.44. The minimum atomic E-state index is -0.519. The summed E-state index contributed by atoms with van der Waals surface area (Å²) in [4.78, 5) is 14.7. The fourth-order valence-electron chi connectivity index (χ4n) is 2.74. The Morgan fingerprint density at radius 3 is 2.71 bits per heavy atom. The van der Waals surface area contributed by atoms with Gasteiger partial charge in [-0.2, -0.15) is 5.10 Å². The molecule has 0 aliphatic heterocycles. The van der Waals surface area contributed by atoms with Crippen molar-refractivity contribution < 1.29 is 9.53 Å². The van der Waals surface area contributed by atoms with E-state index < -0.39 is 5.60 Å². The molecule has 0 unspecified atom stereocenters. The van der Waals surface area contributed by atoms with Crippen molar-refractivity contribution in [2.24, 2.45) is 5.92 Å². The summed E-state index contributed by atoms with van der Waals surface area (Å²) >= 11 is 3.54. The molecule has 0 atom stereocenters. The summed E-state index contributed by atoms with van der Waals surface area (Å²) in [6.07, 6.45) is 2.81. The van der Waals surface area contributed by atoms with Crippen LogP contribution in [0.5, 0.6) is 0 Å². The molecule has 2 heterocycles. The monoisotopic (exact) mass is 393 g/mol. The number of amides is 1. The molecule has 3 rings (SSSR count). The zero-order valence-corrected chi connectivity index (χ0v) is 16.3. The van der Waals surface area contributed by atoms with Gasteiger partial charge in [-0.15, -0.1) is 0 Å².